The van der Waals surface area contributed by atoms with Gasteiger partial charge in [-0.05, 0) is 0 Å². The quantitative estimate of drug-likeness (QED) is 0.401. The Morgan fingerprint density at radius 2 is 2.00 bits per heavy atom. The molecule has 0 bridgehead atoms. The molecule has 0 aromatic heterocycles. The van der Waals surface area contributed by atoms with Crippen molar-refractivity contribution in [3.05, 3.63) is 0 Å². The van der Waals surface area contributed by atoms with Gasteiger partial charge in [-0.2, -0.15) is 0 Å². The van der Waals surface area contributed by atoms with E-state index >= 15 is 0 Å². The fourth-order valence-electron chi connectivity index (χ4n) is 1.40. The number of hydrogen-bond acceptors (Lipinski definition) is 3. The molecular weight excluding hydrogens is 225 g/mol. The van der Waals surface area contributed by atoms with E-state index < -0.39 is 19.0 Å². The van der Waals surface area contributed by atoms with Crippen LogP contribution >= 0.6 is 0 Å². The standard InChI is InChI=1S/C7H13NO3Se/c9-7(12(10)11)8-6-4-2-1-3-5-6/h6H,1-5H2,(H,8,9)(H,10,11)/p-1. The number of aliphatic imine (C=N–C) groups is 1. The molecule has 4 nitrogen and oxygen atoms in total. The van der Waals surface area contributed by atoms with Crippen LogP contribution in [-0.2, 0) is 3.83 Å². The maximum atomic E-state index is 10.7. The topological polar surface area (TPSA) is 72.7 Å². The number of rotatable bonds is 2. The van der Waals surface area contributed by atoms with Crippen LogP contribution in [0.3, 0.4) is 0 Å². The summed E-state index contributed by atoms with van der Waals surface area (Å²) in [5.41, 5.74) is 0. The Morgan fingerprint density at radius 3 is 2.50 bits per heavy atom. The average molecular weight is 237 g/mol. The van der Waals surface area contributed by atoms with Gasteiger partial charge in [0.2, 0.25) is 0 Å². The molecule has 0 heterocycles. The fourth-order valence-corrected chi connectivity index (χ4v) is 1.91. The molecule has 0 aliphatic heterocycles. The van der Waals surface area contributed by atoms with Crippen LogP contribution in [0.2, 0.25) is 0 Å². The van der Waals surface area contributed by atoms with Crippen molar-refractivity contribution in [3.8, 4) is 0 Å². The van der Waals surface area contributed by atoms with Crippen LogP contribution in [0.4, 0.5) is 0 Å². The summed E-state index contributed by atoms with van der Waals surface area (Å²) in [4.78, 5) is 2.90. The molecule has 1 atom stereocenters. The second kappa shape index (κ2) is 4.70. The summed E-state index contributed by atoms with van der Waals surface area (Å²) in [5.74, 6) is 0. The van der Waals surface area contributed by atoms with Crippen molar-refractivity contribution in [1.82, 2.24) is 0 Å². The van der Waals surface area contributed by atoms with Crippen molar-refractivity contribution >= 4 is 19.0 Å². The normalized spacial score (nSPS) is 23.9. The molecule has 1 saturated carbocycles. The first-order valence-electron chi connectivity index (χ1n) is 4.06. The van der Waals surface area contributed by atoms with Gasteiger partial charge in [-0.15, -0.1) is 0 Å². The number of nitrogens with zero attached hydrogens (tertiary/aromatic N) is 1. The maximum absolute atomic E-state index is 10.7. The first-order chi connectivity index (χ1) is 5.70. The predicted molar refractivity (Wildman–Crippen MR) is 43.0 cm³/mol. The van der Waals surface area contributed by atoms with Gasteiger partial charge in [0.15, 0.2) is 0 Å². The summed E-state index contributed by atoms with van der Waals surface area (Å²) in [6.45, 7) is 0. The van der Waals surface area contributed by atoms with Gasteiger partial charge < -0.3 is 0 Å². The predicted octanol–water partition coefficient (Wildman–Crippen LogP) is -0.472. The van der Waals surface area contributed by atoms with E-state index in [4.69, 9.17) is 4.19 Å². The van der Waals surface area contributed by atoms with E-state index in [0.29, 0.717) is 0 Å². The molecule has 0 radical (unpaired) electrons. The molecule has 70 valence electrons. The second-order valence-electron chi connectivity index (χ2n) is 2.94. The molecule has 0 aromatic rings. The van der Waals surface area contributed by atoms with Gasteiger partial charge >= 0.3 is 75.2 Å². The van der Waals surface area contributed by atoms with Crippen molar-refractivity contribution in [1.29, 1.82) is 0 Å². The summed E-state index contributed by atoms with van der Waals surface area (Å²) >= 11 is -3.27. The molecule has 0 saturated heterocycles. The van der Waals surface area contributed by atoms with E-state index in [1.54, 1.807) is 0 Å². The van der Waals surface area contributed by atoms with Gasteiger partial charge in [0.05, 0.1) is 0 Å². The van der Waals surface area contributed by atoms with Gasteiger partial charge in [-0.3, -0.25) is 0 Å². The Labute approximate surface area is 75.7 Å². The minimum absolute atomic E-state index is 0.0126. The van der Waals surface area contributed by atoms with Crippen LogP contribution in [0.25, 0.3) is 0 Å². The van der Waals surface area contributed by atoms with Crippen molar-refractivity contribution < 1.29 is 13.1 Å². The Morgan fingerprint density at radius 1 is 1.42 bits per heavy atom. The zero-order chi connectivity index (χ0) is 8.97. The van der Waals surface area contributed by atoms with Crippen LogP contribution in [0.1, 0.15) is 32.1 Å². The minimum atomic E-state index is -3.27. The molecule has 1 fully saturated rings. The summed E-state index contributed by atoms with van der Waals surface area (Å²) < 4.78 is 18.8. The molecule has 12 heavy (non-hydrogen) atoms. The zero-order valence-electron chi connectivity index (χ0n) is 6.73. The molecule has 5 heteroatoms. The van der Waals surface area contributed by atoms with Crippen LogP contribution in [-0.4, -0.2) is 29.2 Å². The summed E-state index contributed by atoms with van der Waals surface area (Å²) in [6, 6.07) is 0.0126. The molecule has 1 unspecified atom stereocenters. The van der Waals surface area contributed by atoms with E-state index in [9.17, 15) is 8.94 Å². The van der Waals surface area contributed by atoms with Gasteiger partial charge in [0.25, 0.3) is 0 Å². The van der Waals surface area contributed by atoms with Gasteiger partial charge in [-0.1, -0.05) is 0 Å². The van der Waals surface area contributed by atoms with Crippen LogP contribution in [0.5, 0.6) is 0 Å². The van der Waals surface area contributed by atoms with Crippen molar-refractivity contribution in [2.75, 3.05) is 0 Å². The monoisotopic (exact) mass is 238 g/mol. The van der Waals surface area contributed by atoms with Crippen LogP contribution in [0, 0.1) is 0 Å². The summed E-state index contributed by atoms with van der Waals surface area (Å²) in [5, 5.41) is 10.7. The van der Waals surface area contributed by atoms with E-state index in [-0.39, 0.29) is 6.04 Å². The van der Waals surface area contributed by atoms with Crippen LogP contribution < -0.4 is 5.11 Å². The van der Waals surface area contributed by atoms with E-state index in [2.05, 4.69) is 4.99 Å². The van der Waals surface area contributed by atoms with Crippen molar-refractivity contribution in [2.24, 2.45) is 4.99 Å². The molecule has 1 aliphatic rings. The van der Waals surface area contributed by atoms with Crippen LogP contribution in [0.15, 0.2) is 4.99 Å². The zero-order valence-corrected chi connectivity index (χ0v) is 8.45. The molecule has 0 amide bonds. The third kappa shape index (κ3) is 3.01. The molecule has 1 rings (SSSR count). The van der Waals surface area contributed by atoms with Gasteiger partial charge in [-0.25, -0.2) is 0 Å². The molecule has 1 N–H and O–H groups in total. The third-order valence-corrected chi connectivity index (χ3v) is 2.86. The first-order valence-corrected chi connectivity index (χ1v) is 6.38. The van der Waals surface area contributed by atoms with E-state index in [1.165, 1.54) is 6.42 Å². The number of hydrogen-bond donors (Lipinski definition) is 1. The third-order valence-electron chi connectivity index (χ3n) is 2.01. The van der Waals surface area contributed by atoms with E-state index in [0.717, 1.165) is 25.7 Å². The summed E-state index contributed by atoms with van der Waals surface area (Å²) in [6.07, 6.45) is 5.14. The van der Waals surface area contributed by atoms with E-state index in [1.807, 2.05) is 0 Å². The van der Waals surface area contributed by atoms with Crippen molar-refractivity contribution in [3.63, 3.8) is 0 Å². The van der Waals surface area contributed by atoms with Gasteiger partial charge in [0.1, 0.15) is 0 Å². The Kier molecular flexibility index (Phi) is 3.85. The SMILES string of the molecule is O=[Se](O)C([O-])=NC1CCCCC1. The fraction of sp³-hybridized carbons (Fsp3) is 0.857. The Balaban J connectivity index is 2.47. The van der Waals surface area contributed by atoms with Gasteiger partial charge in [0, 0.05) is 0 Å². The Hall–Kier alpha value is -0.251. The summed E-state index contributed by atoms with van der Waals surface area (Å²) in [7, 11) is 0. The average Bonchev–Trinajstić information content (AvgIpc) is 2.06. The molecule has 1 aliphatic carbocycles. The Bertz CT molecular complexity index is 199. The first kappa shape index (κ1) is 9.83. The molecule has 0 aromatic carbocycles. The second-order valence-corrected chi connectivity index (χ2v) is 4.71. The molecular formula is C7H12NO3Se-. The molecule has 0 spiro atoms. The van der Waals surface area contributed by atoms with Crippen molar-refractivity contribution in [2.45, 2.75) is 38.1 Å².